The number of benzene rings is 3. The van der Waals surface area contributed by atoms with Crippen LogP contribution in [0.15, 0.2) is 71.2 Å². The van der Waals surface area contributed by atoms with Gasteiger partial charge in [0, 0.05) is 21.2 Å². The van der Waals surface area contributed by atoms with E-state index >= 15 is 0 Å². The number of hydrogen-bond acceptors (Lipinski definition) is 2. The molecule has 1 aliphatic heterocycles. The van der Waals surface area contributed by atoms with Crippen LogP contribution in [-0.2, 0) is 4.79 Å². The number of carbonyl (C=O) groups is 2. The fourth-order valence-corrected chi connectivity index (χ4v) is 3.63. The lowest BCUT2D eigenvalue weighted by Gasteiger charge is -2.29. The van der Waals surface area contributed by atoms with Crippen LogP contribution in [0.5, 0.6) is 0 Å². The lowest BCUT2D eigenvalue weighted by atomic mass is 9.91. The molecule has 1 aliphatic rings. The molecule has 138 valence electrons. The summed E-state index contributed by atoms with van der Waals surface area (Å²) in [4.78, 5) is 27.6. The van der Waals surface area contributed by atoms with E-state index in [2.05, 4.69) is 15.9 Å². The molecule has 0 spiro atoms. The van der Waals surface area contributed by atoms with E-state index in [-0.39, 0.29) is 17.0 Å². The molecule has 0 saturated carbocycles. The molecule has 0 unspecified atom stereocenters. The fourth-order valence-electron chi connectivity index (χ4n) is 3.30. The molecule has 0 N–H and O–H groups in total. The summed E-state index contributed by atoms with van der Waals surface area (Å²) in [5, 5.41) is 0. The predicted octanol–water partition coefficient (Wildman–Crippen LogP) is 5.62. The largest absolute Gasteiger partial charge is 0.268 e. The highest BCUT2D eigenvalue weighted by molar-refractivity contribution is 9.10. The Hall–Kier alpha value is -3.05. The number of fused-ring (bicyclic) bond motifs is 1. The molecule has 0 aliphatic carbocycles. The topological polar surface area (TPSA) is 37.4 Å². The van der Waals surface area contributed by atoms with Crippen molar-refractivity contribution < 1.29 is 14.0 Å². The van der Waals surface area contributed by atoms with E-state index in [4.69, 9.17) is 0 Å². The summed E-state index contributed by atoms with van der Waals surface area (Å²) in [6.07, 6.45) is 1.50. The van der Waals surface area contributed by atoms with Crippen LogP contribution in [0.25, 0.3) is 11.6 Å². The van der Waals surface area contributed by atoms with Crippen molar-refractivity contribution in [2.75, 3.05) is 4.90 Å². The van der Waals surface area contributed by atoms with Crippen molar-refractivity contribution in [1.29, 1.82) is 0 Å². The summed E-state index contributed by atoms with van der Waals surface area (Å²) in [6, 6.07) is 18.7. The van der Waals surface area contributed by atoms with Gasteiger partial charge in [-0.15, -0.1) is 0 Å². The van der Waals surface area contributed by atoms with Gasteiger partial charge in [-0.1, -0.05) is 58.4 Å². The fraction of sp³-hybridized carbons (Fsp3) is 0.0435. The molecule has 3 aromatic rings. The second-order valence-corrected chi connectivity index (χ2v) is 7.42. The van der Waals surface area contributed by atoms with Crippen LogP contribution in [0.3, 0.4) is 0 Å². The Kier molecular flexibility index (Phi) is 4.69. The maximum absolute atomic E-state index is 14.4. The van der Waals surface area contributed by atoms with Crippen molar-refractivity contribution in [2.45, 2.75) is 6.92 Å². The summed E-state index contributed by atoms with van der Waals surface area (Å²) in [7, 11) is 0. The van der Waals surface area contributed by atoms with Gasteiger partial charge in [-0.05, 0) is 48.4 Å². The number of anilines is 1. The number of rotatable bonds is 2. The summed E-state index contributed by atoms with van der Waals surface area (Å²) < 4.78 is 15.0. The molecule has 0 bridgehead atoms. The molecule has 4 rings (SSSR count). The molecule has 2 amide bonds. The molecule has 0 atom stereocenters. The van der Waals surface area contributed by atoms with Gasteiger partial charge in [0.15, 0.2) is 0 Å². The van der Waals surface area contributed by atoms with E-state index in [1.165, 1.54) is 17.0 Å². The molecule has 3 aromatic carbocycles. The third-order valence-electron chi connectivity index (χ3n) is 4.70. The minimum absolute atomic E-state index is 0.277. The molecule has 3 nitrogen and oxygen atoms in total. The van der Waals surface area contributed by atoms with Crippen molar-refractivity contribution in [2.24, 2.45) is 0 Å². The number of halogens is 2. The Balaban J connectivity index is 1.94. The van der Waals surface area contributed by atoms with Gasteiger partial charge in [-0.2, -0.15) is 0 Å². The first-order valence-electron chi connectivity index (χ1n) is 8.68. The predicted molar refractivity (Wildman–Crippen MR) is 111 cm³/mol. The van der Waals surface area contributed by atoms with Crippen LogP contribution >= 0.6 is 15.9 Å². The summed E-state index contributed by atoms with van der Waals surface area (Å²) in [5.74, 6) is -1.31. The first-order chi connectivity index (χ1) is 13.5. The van der Waals surface area contributed by atoms with Crippen LogP contribution in [0.4, 0.5) is 10.1 Å². The van der Waals surface area contributed by atoms with Gasteiger partial charge < -0.3 is 0 Å². The summed E-state index contributed by atoms with van der Waals surface area (Å²) >= 11 is 3.23. The van der Waals surface area contributed by atoms with Gasteiger partial charge in [0.2, 0.25) is 0 Å². The summed E-state index contributed by atoms with van der Waals surface area (Å²) in [6.45, 7) is 1.84. The Morgan fingerprint density at radius 2 is 1.57 bits per heavy atom. The van der Waals surface area contributed by atoms with Gasteiger partial charge in [0.1, 0.15) is 5.82 Å². The number of hydrogen-bond donors (Lipinski definition) is 0. The number of para-hydroxylation sites is 1. The van der Waals surface area contributed by atoms with Crippen molar-refractivity contribution in [1.82, 2.24) is 0 Å². The number of carbonyl (C=O) groups excluding carboxylic acids is 2. The Morgan fingerprint density at radius 1 is 0.893 bits per heavy atom. The first kappa shape index (κ1) is 18.3. The van der Waals surface area contributed by atoms with Crippen molar-refractivity contribution in [3.8, 4) is 0 Å². The van der Waals surface area contributed by atoms with Crippen LogP contribution in [0, 0.1) is 12.7 Å². The van der Waals surface area contributed by atoms with E-state index in [1.54, 1.807) is 48.5 Å². The molecule has 28 heavy (non-hydrogen) atoms. The maximum atomic E-state index is 14.4. The quantitative estimate of drug-likeness (QED) is 0.386. The normalized spacial score (nSPS) is 15.1. The monoisotopic (exact) mass is 435 g/mol. The SMILES string of the molecule is Cc1ccccc1N1C(=O)/C(=C\c2ccc(Br)cc2F)c2ccccc2C1=O. The minimum atomic E-state index is -0.472. The van der Waals surface area contributed by atoms with Gasteiger partial charge in [0.25, 0.3) is 11.8 Å². The van der Waals surface area contributed by atoms with E-state index in [9.17, 15) is 14.0 Å². The zero-order valence-electron chi connectivity index (χ0n) is 14.9. The van der Waals surface area contributed by atoms with Gasteiger partial charge in [-0.25, -0.2) is 9.29 Å². The van der Waals surface area contributed by atoms with Crippen LogP contribution in [0.2, 0.25) is 0 Å². The molecule has 5 heteroatoms. The standard InChI is InChI=1S/C23H15BrFNO2/c1-14-6-2-5-9-21(14)26-22(27)18-8-4-3-7-17(18)19(23(26)28)12-15-10-11-16(24)13-20(15)25/h2-13H,1H3/b19-12-. The molecule has 0 radical (unpaired) electrons. The Bertz CT molecular complexity index is 1150. The van der Waals surface area contributed by atoms with Gasteiger partial charge in [-0.3, -0.25) is 9.59 Å². The van der Waals surface area contributed by atoms with Crippen molar-refractivity contribution >= 4 is 45.1 Å². The Morgan fingerprint density at radius 3 is 2.29 bits per heavy atom. The Labute approximate surface area is 170 Å². The van der Waals surface area contributed by atoms with E-state index < -0.39 is 11.7 Å². The highest BCUT2D eigenvalue weighted by atomic mass is 79.9. The van der Waals surface area contributed by atoms with E-state index in [0.717, 1.165) is 5.56 Å². The van der Waals surface area contributed by atoms with Crippen LogP contribution in [0.1, 0.15) is 27.0 Å². The summed E-state index contributed by atoms with van der Waals surface area (Å²) in [5.41, 5.74) is 2.80. The second-order valence-electron chi connectivity index (χ2n) is 6.50. The molecule has 0 saturated heterocycles. The third-order valence-corrected chi connectivity index (χ3v) is 5.20. The van der Waals surface area contributed by atoms with Gasteiger partial charge in [0.05, 0.1) is 5.69 Å². The highest BCUT2D eigenvalue weighted by Gasteiger charge is 2.36. The molecular weight excluding hydrogens is 421 g/mol. The van der Waals surface area contributed by atoms with Gasteiger partial charge >= 0.3 is 0 Å². The maximum Gasteiger partial charge on any atom is 0.265 e. The number of imide groups is 1. The lowest BCUT2D eigenvalue weighted by molar-refractivity contribution is -0.112. The minimum Gasteiger partial charge on any atom is -0.268 e. The number of amides is 2. The van der Waals surface area contributed by atoms with Crippen molar-refractivity contribution in [3.05, 3.63) is 99.3 Å². The van der Waals surface area contributed by atoms with E-state index in [1.807, 2.05) is 19.1 Å². The third kappa shape index (κ3) is 3.08. The van der Waals surface area contributed by atoms with Crippen molar-refractivity contribution in [3.63, 3.8) is 0 Å². The number of aryl methyl sites for hydroxylation is 1. The molecule has 1 heterocycles. The number of nitrogens with zero attached hydrogens (tertiary/aromatic N) is 1. The van der Waals surface area contributed by atoms with E-state index in [0.29, 0.717) is 21.3 Å². The van der Waals surface area contributed by atoms with Crippen LogP contribution in [-0.4, -0.2) is 11.8 Å². The average molecular weight is 436 g/mol. The smallest absolute Gasteiger partial charge is 0.265 e. The first-order valence-corrected chi connectivity index (χ1v) is 9.47. The average Bonchev–Trinajstić information content (AvgIpc) is 2.68. The molecular formula is C23H15BrFNO2. The lowest BCUT2D eigenvalue weighted by Crippen LogP contribution is -2.42. The second kappa shape index (κ2) is 7.17. The zero-order chi connectivity index (χ0) is 19.8. The van der Waals surface area contributed by atoms with Crippen LogP contribution < -0.4 is 4.90 Å². The molecule has 0 aromatic heterocycles. The highest BCUT2D eigenvalue weighted by Crippen LogP contribution is 2.35. The molecule has 0 fully saturated rings. The zero-order valence-corrected chi connectivity index (χ0v) is 16.5.